The SMILES string of the molecule is C=CCN(CC=C)C(=O)[C@@H]1[C@H]2CC[C@@H](C2)[C@H]1C(=O)O. The molecule has 104 valence electrons. The molecule has 2 aliphatic carbocycles. The first-order chi connectivity index (χ1) is 9.10. The summed E-state index contributed by atoms with van der Waals surface area (Å²) in [6.07, 6.45) is 6.17. The maximum atomic E-state index is 12.6. The minimum atomic E-state index is -0.817. The highest BCUT2D eigenvalue weighted by Crippen LogP contribution is 2.52. The first-order valence-corrected chi connectivity index (χ1v) is 6.83. The number of hydrogen-bond acceptors (Lipinski definition) is 2. The van der Waals surface area contributed by atoms with Crippen molar-refractivity contribution in [1.29, 1.82) is 0 Å². The first-order valence-electron chi connectivity index (χ1n) is 6.83. The van der Waals surface area contributed by atoms with Gasteiger partial charge in [0.1, 0.15) is 0 Å². The Labute approximate surface area is 113 Å². The van der Waals surface area contributed by atoms with Crippen molar-refractivity contribution < 1.29 is 14.7 Å². The molecule has 4 atom stereocenters. The Morgan fingerprint density at radius 3 is 2.11 bits per heavy atom. The quantitative estimate of drug-likeness (QED) is 0.745. The fraction of sp³-hybridized carbons (Fsp3) is 0.600. The Bertz CT molecular complexity index is 394. The fourth-order valence-electron chi connectivity index (χ4n) is 3.78. The van der Waals surface area contributed by atoms with Crippen molar-refractivity contribution in [3.8, 4) is 0 Å². The fourth-order valence-corrected chi connectivity index (χ4v) is 3.78. The predicted octanol–water partition coefficient (Wildman–Crippen LogP) is 1.93. The van der Waals surface area contributed by atoms with Gasteiger partial charge in [0, 0.05) is 13.1 Å². The Kier molecular flexibility index (Phi) is 4.08. The molecule has 0 aliphatic heterocycles. The van der Waals surface area contributed by atoms with Gasteiger partial charge in [-0.15, -0.1) is 13.2 Å². The highest BCUT2D eigenvalue weighted by molar-refractivity contribution is 5.86. The van der Waals surface area contributed by atoms with Crippen LogP contribution in [0.2, 0.25) is 0 Å². The molecule has 2 aliphatic rings. The minimum Gasteiger partial charge on any atom is -0.481 e. The summed E-state index contributed by atoms with van der Waals surface area (Å²) in [6.45, 7) is 8.20. The van der Waals surface area contributed by atoms with Gasteiger partial charge in [-0.3, -0.25) is 9.59 Å². The number of aliphatic carboxylic acids is 1. The van der Waals surface area contributed by atoms with Crippen LogP contribution in [0.4, 0.5) is 0 Å². The third-order valence-corrected chi connectivity index (χ3v) is 4.50. The molecule has 0 aromatic carbocycles. The lowest BCUT2D eigenvalue weighted by atomic mass is 9.78. The third-order valence-electron chi connectivity index (χ3n) is 4.50. The Hall–Kier alpha value is -1.58. The summed E-state index contributed by atoms with van der Waals surface area (Å²) < 4.78 is 0. The van der Waals surface area contributed by atoms with Crippen molar-refractivity contribution in [3.05, 3.63) is 25.3 Å². The number of fused-ring (bicyclic) bond motifs is 2. The van der Waals surface area contributed by atoms with E-state index in [0.717, 1.165) is 19.3 Å². The van der Waals surface area contributed by atoms with E-state index >= 15 is 0 Å². The lowest BCUT2D eigenvalue weighted by molar-refractivity contribution is -0.152. The summed E-state index contributed by atoms with van der Waals surface area (Å²) in [6, 6.07) is 0. The molecule has 0 aromatic heterocycles. The predicted molar refractivity (Wildman–Crippen MR) is 72.4 cm³/mol. The maximum absolute atomic E-state index is 12.6. The van der Waals surface area contributed by atoms with E-state index in [1.165, 1.54) is 0 Å². The second kappa shape index (κ2) is 5.59. The molecule has 0 spiro atoms. The van der Waals surface area contributed by atoms with Crippen LogP contribution in [0.5, 0.6) is 0 Å². The molecule has 2 rings (SSSR count). The molecule has 0 saturated heterocycles. The van der Waals surface area contributed by atoms with Crippen LogP contribution in [-0.2, 0) is 9.59 Å². The van der Waals surface area contributed by atoms with E-state index in [4.69, 9.17) is 0 Å². The number of carboxylic acids is 1. The smallest absolute Gasteiger partial charge is 0.307 e. The van der Waals surface area contributed by atoms with Crippen LogP contribution in [0.3, 0.4) is 0 Å². The van der Waals surface area contributed by atoms with Gasteiger partial charge in [0.25, 0.3) is 0 Å². The molecule has 0 radical (unpaired) electrons. The van der Waals surface area contributed by atoms with Gasteiger partial charge in [-0.05, 0) is 31.1 Å². The number of carbonyl (C=O) groups excluding carboxylic acids is 1. The van der Waals surface area contributed by atoms with Gasteiger partial charge in [-0.1, -0.05) is 12.2 Å². The normalized spacial score (nSPS) is 32.0. The van der Waals surface area contributed by atoms with Crippen LogP contribution < -0.4 is 0 Å². The minimum absolute atomic E-state index is 0.0422. The molecule has 0 unspecified atom stereocenters. The van der Waals surface area contributed by atoms with Crippen LogP contribution in [0, 0.1) is 23.7 Å². The molecule has 4 nitrogen and oxygen atoms in total. The zero-order valence-corrected chi connectivity index (χ0v) is 11.1. The average Bonchev–Trinajstić information content (AvgIpc) is 2.97. The highest BCUT2D eigenvalue weighted by atomic mass is 16.4. The summed E-state index contributed by atoms with van der Waals surface area (Å²) in [4.78, 5) is 25.7. The molecule has 2 fully saturated rings. The van der Waals surface area contributed by atoms with Crippen LogP contribution in [0.15, 0.2) is 25.3 Å². The van der Waals surface area contributed by atoms with Crippen LogP contribution in [0.1, 0.15) is 19.3 Å². The molecule has 1 N–H and O–H groups in total. The summed E-state index contributed by atoms with van der Waals surface area (Å²) in [5.74, 6) is -1.27. The molecule has 2 saturated carbocycles. The van der Waals surface area contributed by atoms with Crippen molar-refractivity contribution in [3.63, 3.8) is 0 Å². The Morgan fingerprint density at radius 1 is 1.11 bits per heavy atom. The van der Waals surface area contributed by atoms with Crippen molar-refractivity contribution >= 4 is 11.9 Å². The van der Waals surface area contributed by atoms with E-state index in [2.05, 4.69) is 13.2 Å². The zero-order valence-electron chi connectivity index (χ0n) is 11.1. The molecule has 4 heteroatoms. The van der Waals surface area contributed by atoms with Gasteiger partial charge in [0.2, 0.25) is 5.91 Å². The third kappa shape index (κ3) is 2.44. The van der Waals surface area contributed by atoms with E-state index in [-0.39, 0.29) is 23.7 Å². The standard InChI is InChI=1S/C15H21NO3/c1-3-7-16(8-4-2)14(17)12-10-5-6-11(9-10)13(12)15(18)19/h3-4,10-13H,1-2,5-9H2,(H,18,19)/t10-,11-,12+,13+/m0/s1. The van der Waals surface area contributed by atoms with E-state index in [1.54, 1.807) is 17.1 Å². The molecule has 0 aromatic rings. The highest BCUT2D eigenvalue weighted by Gasteiger charge is 2.54. The van der Waals surface area contributed by atoms with Gasteiger partial charge in [-0.2, -0.15) is 0 Å². The second-order valence-electron chi connectivity index (χ2n) is 5.54. The zero-order chi connectivity index (χ0) is 14.0. The number of hydrogen-bond donors (Lipinski definition) is 1. The lowest BCUT2D eigenvalue weighted by Gasteiger charge is -2.31. The van der Waals surface area contributed by atoms with Crippen LogP contribution >= 0.6 is 0 Å². The monoisotopic (exact) mass is 263 g/mol. The van der Waals surface area contributed by atoms with Crippen molar-refractivity contribution in [1.82, 2.24) is 4.90 Å². The largest absolute Gasteiger partial charge is 0.481 e. The molecule has 0 heterocycles. The number of carboxylic acid groups (broad SMARTS) is 1. The summed E-state index contributed by atoms with van der Waals surface area (Å²) >= 11 is 0. The van der Waals surface area contributed by atoms with Gasteiger partial charge in [0.05, 0.1) is 11.8 Å². The molecule has 19 heavy (non-hydrogen) atoms. The molecular formula is C15H21NO3. The van der Waals surface area contributed by atoms with Gasteiger partial charge in [-0.25, -0.2) is 0 Å². The second-order valence-corrected chi connectivity index (χ2v) is 5.54. The molecular weight excluding hydrogens is 242 g/mol. The van der Waals surface area contributed by atoms with E-state index in [0.29, 0.717) is 13.1 Å². The Balaban J connectivity index is 2.18. The molecule has 1 amide bonds. The van der Waals surface area contributed by atoms with Crippen molar-refractivity contribution in [2.45, 2.75) is 19.3 Å². The summed E-state index contributed by atoms with van der Waals surface area (Å²) in [5, 5.41) is 9.39. The maximum Gasteiger partial charge on any atom is 0.307 e. The summed E-state index contributed by atoms with van der Waals surface area (Å²) in [7, 11) is 0. The lowest BCUT2D eigenvalue weighted by Crippen LogP contribution is -2.43. The number of rotatable bonds is 6. The number of nitrogens with zero attached hydrogens (tertiary/aromatic N) is 1. The molecule has 2 bridgehead atoms. The Morgan fingerprint density at radius 2 is 1.63 bits per heavy atom. The van der Waals surface area contributed by atoms with Crippen LogP contribution in [0.25, 0.3) is 0 Å². The van der Waals surface area contributed by atoms with Gasteiger partial charge >= 0.3 is 5.97 Å². The van der Waals surface area contributed by atoms with Gasteiger partial charge in [0.15, 0.2) is 0 Å². The number of carbonyl (C=O) groups is 2. The van der Waals surface area contributed by atoms with E-state index < -0.39 is 11.9 Å². The van der Waals surface area contributed by atoms with Gasteiger partial charge < -0.3 is 10.0 Å². The average molecular weight is 263 g/mol. The number of amides is 1. The van der Waals surface area contributed by atoms with Crippen molar-refractivity contribution in [2.24, 2.45) is 23.7 Å². The van der Waals surface area contributed by atoms with Crippen molar-refractivity contribution in [2.75, 3.05) is 13.1 Å². The van der Waals surface area contributed by atoms with E-state index in [1.807, 2.05) is 0 Å². The van der Waals surface area contributed by atoms with Crippen LogP contribution in [-0.4, -0.2) is 35.0 Å². The topological polar surface area (TPSA) is 57.6 Å². The van der Waals surface area contributed by atoms with E-state index in [9.17, 15) is 14.7 Å². The first kappa shape index (κ1) is 13.8. The summed E-state index contributed by atoms with van der Waals surface area (Å²) in [5.41, 5.74) is 0.